The molecule has 0 saturated heterocycles. The summed E-state index contributed by atoms with van der Waals surface area (Å²) < 4.78 is 4.60. The van der Waals surface area contributed by atoms with Crippen molar-refractivity contribution in [2.75, 3.05) is 12.8 Å². The van der Waals surface area contributed by atoms with E-state index in [0.717, 1.165) is 5.01 Å². The van der Waals surface area contributed by atoms with Gasteiger partial charge in [-0.3, -0.25) is 0 Å². The average Bonchev–Trinajstić information content (AvgIpc) is 2.57. The second-order valence-electron chi connectivity index (χ2n) is 3.79. The minimum absolute atomic E-state index is 0.241. The van der Waals surface area contributed by atoms with Crippen LogP contribution in [0.15, 0.2) is 0 Å². The molecule has 1 unspecified atom stereocenters. The molecule has 0 aliphatic rings. The molecule has 0 radical (unpaired) electrons. The first-order valence-electron chi connectivity index (χ1n) is 4.81. The lowest BCUT2D eigenvalue weighted by molar-refractivity contribution is 0.0596. The number of nitrogens with two attached hydrogens (primary N) is 1. The molecule has 0 saturated carbocycles. The molecule has 1 heterocycles. The molecule has 0 spiro atoms. The van der Waals surface area contributed by atoms with Gasteiger partial charge in [0.25, 0.3) is 0 Å². The number of methoxy groups -OCH3 is 1. The first kappa shape index (κ1) is 12.0. The maximum Gasteiger partial charge on any atom is 0.359 e. The summed E-state index contributed by atoms with van der Waals surface area (Å²) in [6.45, 7) is 6.30. The zero-order valence-corrected chi connectivity index (χ0v) is 10.2. The molecule has 1 rings (SSSR count). The van der Waals surface area contributed by atoms with Crippen LogP contribution in [0.25, 0.3) is 0 Å². The van der Waals surface area contributed by atoms with Crippen molar-refractivity contribution >= 4 is 22.3 Å². The van der Waals surface area contributed by atoms with Gasteiger partial charge in [-0.2, -0.15) is 0 Å². The number of esters is 1. The highest BCUT2D eigenvalue weighted by Crippen LogP contribution is 2.31. The lowest BCUT2D eigenvalue weighted by Gasteiger charge is -2.11. The van der Waals surface area contributed by atoms with Crippen LogP contribution in [0.4, 0.5) is 5.00 Å². The van der Waals surface area contributed by atoms with Gasteiger partial charge in [-0.15, -0.1) is 11.3 Å². The molecule has 4 nitrogen and oxygen atoms in total. The highest BCUT2D eigenvalue weighted by molar-refractivity contribution is 7.16. The molecule has 15 heavy (non-hydrogen) atoms. The summed E-state index contributed by atoms with van der Waals surface area (Å²) in [5, 5.41) is 1.33. The van der Waals surface area contributed by atoms with Crippen LogP contribution in [-0.2, 0) is 4.74 Å². The second-order valence-corrected chi connectivity index (χ2v) is 4.85. The summed E-state index contributed by atoms with van der Waals surface area (Å²) >= 11 is 1.36. The summed E-state index contributed by atoms with van der Waals surface area (Å²) in [5.41, 5.74) is 5.95. The van der Waals surface area contributed by atoms with E-state index in [0.29, 0.717) is 16.8 Å². The van der Waals surface area contributed by atoms with Crippen molar-refractivity contribution in [1.82, 2.24) is 4.98 Å². The van der Waals surface area contributed by atoms with Crippen LogP contribution in [-0.4, -0.2) is 18.1 Å². The van der Waals surface area contributed by atoms with Gasteiger partial charge < -0.3 is 10.5 Å². The van der Waals surface area contributed by atoms with E-state index in [4.69, 9.17) is 5.73 Å². The Bertz CT molecular complexity index is 360. The Balaban J connectivity index is 3.00. The lowest BCUT2D eigenvalue weighted by atomic mass is 9.99. The van der Waals surface area contributed by atoms with Gasteiger partial charge in [-0.25, -0.2) is 9.78 Å². The Hall–Kier alpha value is -1.10. The van der Waals surface area contributed by atoms with E-state index in [1.165, 1.54) is 18.4 Å². The molecule has 84 valence electrons. The van der Waals surface area contributed by atoms with Gasteiger partial charge in [0, 0.05) is 5.92 Å². The van der Waals surface area contributed by atoms with Gasteiger partial charge in [-0.05, 0) is 5.92 Å². The van der Waals surface area contributed by atoms with Crippen molar-refractivity contribution in [3.05, 3.63) is 10.7 Å². The summed E-state index contributed by atoms with van der Waals surface area (Å²) in [6, 6.07) is 0. The van der Waals surface area contributed by atoms with Gasteiger partial charge in [0.15, 0.2) is 5.69 Å². The number of hydrogen-bond donors (Lipinski definition) is 1. The van der Waals surface area contributed by atoms with Gasteiger partial charge >= 0.3 is 5.97 Å². The van der Waals surface area contributed by atoms with Gasteiger partial charge in [0.1, 0.15) is 5.00 Å². The van der Waals surface area contributed by atoms with Crippen molar-refractivity contribution in [2.45, 2.75) is 26.7 Å². The summed E-state index contributed by atoms with van der Waals surface area (Å²) in [4.78, 5) is 15.5. The van der Waals surface area contributed by atoms with Crippen LogP contribution in [0.5, 0.6) is 0 Å². The van der Waals surface area contributed by atoms with Gasteiger partial charge in [0.2, 0.25) is 0 Å². The standard InChI is InChI=1S/C10H16N2O2S/c1-5(2)6(3)9-12-7(8(11)15-9)10(13)14-4/h5-6H,11H2,1-4H3. The van der Waals surface area contributed by atoms with Crippen molar-refractivity contribution in [3.63, 3.8) is 0 Å². The third-order valence-electron chi connectivity index (χ3n) is 2.44. The van der Waals surface area contributed by atoms with Crippen LogP contribution in [0.1, 0.15) is 42.2 Å². The fourth-order valence-corrected chi connectivity index (χ4v) is 2.12. The molecule has 0 fully saturated rings. The molecular formula is C10H16N2O2S. The maximum atomic E-state index is 11.3. The first-order valence-corrected chi connectivity index (χ1v) is 5.63. The van der Waals surface area contributed by atoms with E-state index < -0.39 is 5.97 Å². The number of aromatic nitrogens is 1. The molecule has 1 atom stereocenters. The number of carbonyl (C=O) groups is 1. The van der Waals surface area contributed by atoms with Crippen LogP contribution in [0, 0.1) is 5.92 Å². The minimum atomic E-state index is -0.467. The predicted molar refractivity (Wildman–Crippen MR) is 61.1 cm³/mol. The van der Waals surface area contributed by atoms with Crippen LogP contribution < -0.4 is 5.73 Å². The van der Waals surface area contributed by atoms with E-state index in [-0.39, 0.29) is 5.69 Å². The number of anilines is 1. The molecule has 0 aliphatic carbocycles. The Labute approximate surface area is 93.5 Å². The molecular weight excluding hydrogens is 212 g/mol. The average molecular weight is 228 g/mol. The van der Waals surface area contributed by atoms with E-state index >= 15 is 0 Å². The Kier molecular flexibility index (Phi) is 3.68. The molecule has 0 aromatic carbocycles. The normalized spacial score (nSPS) is 12.9. The number of nitrogens with zero attached hydrogens (tertiary/aromatic N) is 1. The zero-order valence-electron chi connectivity index (χ0n) is 9.40. The molecule has 5 heteroatoms. The SMILES string of the molecule is COC(=O)c1nc(C(C)C(C)C)sc1N. The quantitative estimate of drug-likeness (QED) is 0.806. The molecule has 0 amide bonds. The smallest absolute Gasteiger partial charge is 0.359 e. The van der Waals surface area contributed by atoms with Crippen molar-refractivity contribution < 1.29 is 9.53 Å². The monoisotopic (exact) mass is 228 g/mol. The first-order chi connectivity index (χ1) is 6.97. The number of thiazole rings is 1. The lowest BCUT2D eigenvalue weighted by Crippen LogP contribution is -2.06. The molecule has 1 aromatic heterocycles. The van der Waals surface area contributed by atoms with Gasteiger partial charge in [-0.1, -0.05) is 20.8 Å². The molecule has 1 aromatic rings. The third-order valence-corrected chi connectivity index (χ3v) is 3.52. The Morgan fingerprint density at radius 1 is 1.47 bits per heavy atom. The van der Waals surface area contributed by atoms with Crippen LogP contribution in [0.2, 0.25) is 0 Å². The van der Waals surface area contributed by atoms with Crippen LogP contribution >= 0.6 is 11.3 Å². The largest absolute Gasteiger partial charge is 0.464 e. The highest BCUT2D eigenvalue weighted by Gasteiger charge is 2.21. The minimum Gasteiger partial charge on any atom is -0.464 e. The molecule has 0 bridgehead atoms. The highest BCUT2D eigenvalue weighted by atomic mass is 32.1. The van der Waals surface area contributed by atoms with Crippen LogP contribution in [0.3, 0.4) is 0 Å². The van der Waals surface area contributed by atoms with E-state index in [1.54, 1.807) is 0 Å². The fourth-order valence-electron chi connectivity index (χ4n) is 1.07. The van der Waals surface area contributed by atoms with Crippen molar-refractivity contribution in [1.29, 1.82) is 0 Å². The maximum absolute atomic E-state index is 11.3. The second kappa shape index (κ2) is 4.61. The van der Waals surface area contributed by atoms with E-state index in [9.17, 15) is 4.79 Å². The number of nitrogen functional groups attached to an aromatic ring is 1. The summed E-state index contributed by atoms with van der Waals surface area (Å²) in [5.74, 6) is 0.308. The van der Waals surface area contributed by atoms with E-state index in [2.05, 4.69) is 30.5 Å². The topological polar surface area (TPSA) is 65.2 Å². The Morgan fingerprint density at radius 3 is 2.53 bits per heavy atom. The molecule has 0 aliphatic heterocycles. The summed E-state index contributed by atoms with van der Waals surface area (Å²) in [6.07, 6.45) is 0. The van der Waals surface area contributed by atoms with E-state index in [1.807, 2.05) is 0 Å². The molecule has 2 N–H and O–H groups in total. The van der Waals surface area contributed by atoms with Crippen molar-refractivity contribution in [3.8, 4) is 0 Å². The third kappa shape index (κ3) is 2.47. The predicted octanol–water partition coefficient (Wildman–Crippen LogP) is 2.27. The number of carbonyl (C=O) groups excluding carboxylic acids is 1. The fraction of sp³-hybridized carbons (Fsp3) is 0.600. The van der Waals surface area contributed by atoms with Crippen molar-refractivity contribution in [2.24, 2.45) is 5.92 Å². The zero-order chi connectivity index (χ0) is 11.6. The number of hydrogen-bond acceptors (Lipinski definition) is 5. The number of rotatable bonds is 3. The Morgan fingerprint density at radius 2 is 2.07 bits per heavy atom. The summed E-state index contributed by atoms with van der Waals surface area (Å²) in [7, 11) is 1.33. The number of ether oxygens (including phenoxy) is 1. The van der Waals surface area contributed by atoms with Gasteiger partial charge in [0.05, 0.1) is 12.1 Å².